The topological polar surface area (TPSA) is 57.6 Å². The van der Waals surface area contributed by atoms with Crippen molar-refractivity contribution in [2.45, 2.75) is 24.7 Å². The van der Waals surface area contributed by atoms with E-state index < -0.39 is 36.6 Å². The van der Waals surface area contributed by atoms with Gasteiger partial charge in [0.2, 0.25) is 0 Å². The molecule has 1 N–H and O–H groups in total. The molecule has 0 aliphatic carbocycles. The lowest BCUT2D eigenvalue weighted by atomic mass is 10.0. The number of likely N-dealkylation sites (tertiary alicyclic amines) is 1. The molecule has 1 aliphatic rings. The molecule has 0 spiro atoms. The summed E-state index contributed by atoms with van der Waals surface area (Å²) in [5, 5.41) is 9.47. The molecular weight excluding hydrogens is 275 g/mol. The highest BCUT2D eigenvalue weighted by molar-refractivity contribution is 6.02. The van der Waals surface area contributed by atoms with Gasteiger partial charge in [0.1, 0.15) is 0 Å². The molecule has 4 nitrogen and oxygen atoms in total. The highest BCUT2D eigenvalue weighted by Crippen LogP contribution is 2.27. The van der Waals surface area contributed by atoms with E-state index in [9.17, 15) is 27.9 Å². The Labute approximate surface area is 112 Å². The lowest BCUT2D eigenvalue weighted by molar-refractivity contribution is -0.185. The van der Waals surface area contributed by atoms with Crippen LogP contribution in [0.4, 0.5) is 13.2 Å². The Morgan fingerprint density at radius 3 is 2.35 bits per heavy atom. The second-order valence-electron chi connectivity index (χ2n) is 4.59. The van der Waals surface area contributed by atoms with Crippen molar-refractivity contribution in [1.29, 1.82) is 0 Å². The number of hydrogen-bond acceptors (Lipinski definition) is 3. The van der Waals surface area contributed by atoms with E-state index >= 15 is 0 Å². The zero-order chi connectivity index (χ0) is 14.9. The number of rotatable bonds is 2. The zero-order valence-electron chi connectivity index (χ0n) is 10.3. The standard InChI is InChI=1S/C13H12F3NO3/c14-13(15,16)12(20)17-7-9(18)6-10(17)11(19)8-4-2-1-3-5-8/h1-5,9-10,18H,6-7H2. The van der Waals surface area contributed by atoms with E-state index in [1.165, 1.54) is 12.1 Å². The van der Waals surface area contributed by atoms with Crippen molar-refractivity contribution in [3.63, 3.8) is 0 Å². The molecule has 1 aromatic rings. The number of halogens is 3. The number of carbonyl (C=O) groups excluding carboxylic acids is 2. The molecule has 7 heteroatoms. The van der Waals surface area contributed by atoms with Crippen LogP contribution in [0.5, 0.6) is 0 Å². The average Bonchev–Trinajstić information content (AvgIpc) is 2.79. The first-order valence-electron chi connectivity index (χ1n) is 5.96. The third-order valence-electron chi connectivity index (χ3n) is 3.14. The van der Waals surface area contributed by atoms with Crippen LogP contribution in [0.15, 0.2) is 30.3 Å². The highest BCUT2D eigenvalue weighted by atomic mass is 19.4. The first-order chi connectivity index (χ1) is 9.30. The number of ketones is 1. The van der Waals surface area contributed by atoms with E-state index in [2.05, 4.69) is 0 Å². The summed E-state index contributed by atoms with van der Waals surface area (Å²) >= 11 is 0. The normalized spacial score (nSPS) is 22.9. The number of Topliss-reactive ketones (excluding diaryl/α,β-unsaturated/α-hetero) is 1. The largest absolute Gasteiger partial charge is 0.471 e. The summed E-state index contributed by atoms with van der Waals surface area (Å²) in [6.07, 6.45) is -6.37. The van der Waals surface area contributed by atoms with Crippen molar-refractivity contribution in [1.82, 2.24) is 4.90 Å². The Kier molecular flexibility index (Phi) is 3.80. The minimum Gasteiger partial charge on any atom is -0.391 e. The first-order valence-corrected chi connectivity index (χ1v) is 5.96. The average molecular weight is 287 g/mol. The minimum atomic E-state index is -5.06. The number of nitrogens with zero attached hydrogens (tertiary/aromatic N) is 1. The number of aliphatic hydroxyl groups is 1. The molecule has 1 saturated heterocycles. The maximum Gasteiger partial charge on any atom is 0.471 e. The number of hydrogen-bond donors (Lipinski definition) is 1. The van der Waals surface area contributed by atoms with E-state index in [4.69, 9.17) is 0 Å². The molecule has 20 heavy (non-hydrogen) atoms. The second kappa shape index (κ2) is 5.24. The fourth-order valence-corrected chi connectivity index (χ4v) is 2.24. The number of carbonyl (C=O) groups is 2. The Morgan fingerprint density at radius 1 is 1.20 bits per heavy atom. The molecule has 2 unspecified atom stereocenters. The SMILES string of the molecule is O=C(c1ccccc1)C1CC(O)CN1C(=O)C(F)(F)F. The molecule has 0 radical (unpaired) electrons. The maximum atomic E-state index is 12.5. The van der Waals surface area contributed by atoms with Crippen molar-refractivity contribution >= 4 is 11.7 Å². The quantitative estimate of drug-likeness (QED) is 0.836. The molecule has 2 rings (SSSR count). The third kappa shape index (κ3) is 2.82. The monoisotopic (exact) mass is 287 g/mol. The summed E-state index contributed by atoms with van der Waals surface area (Å²) in [5.74, 6) is -2.69. The van der Waals surface area contributed by atoms with Crippen LogP contribution < -0.4 is 0 Å². The van der Waals surface area contributed by atoms with Crippen molar-refractivity contribution in [2.24, 2.45) is 0 Å². The molecule has 108 valence electrons. The number of β-amino-alcohol motifs (C(OH)–C–C–N with tert-alkyl or cyclic N) is 1. The molecule has 2 atom stereocenters. The van der Waals surface area contributed by atoms with Gasteiger partial charge in [-0.15, -0.1) is 0 Å². The van der Waals surface area contributed by atoms with Crippen LogP contribution in [0, 0.1) is 0 Å². The Bertz CT molecular complexity index is 515. The van der Waals surface area contributed by atoms with Crippen LogP contribution >= 0.6 is 0 Å². The molecule has 1 aromatic carbocycles. The molecule has 1 amide bonds. The van der Waals surface area contributed by atoms with Gasteiger partial charge >= 0.3 is 12.1 Å². The third-order valence-corrected chi connectivity index (χ3v) is 3.14. The van der Waals surface area contributed by atoms with Gasteiger partial charge in [0, 0.05) is 18.5 Å². The van der Waals surface area contributed by atoms with E-state index in [1.54, 1.807) is 18.2 Å². The van der Waals surface area contributed by atoms with Gasteiger partial charge in [-0.25, -0.2) is 0 Å². The summed E-state index contributed by atoms with van der Waals surface area (Å²) in [4.78, 5) is 23.9. The van der Waals surface area contributed by atoms with Gasteiger partial charge in [-0.05, 0) is 0 Å². The van der Waals surface area contributed by atoms with E-state index in [1.807, 2.05) is 0 Å². The van der Waals surface area contributed by atoms with Crippen LogP contribution in [0.25, 0.3) is 0 Å². The maximum absolute atomic E-state index is 12.5. The Balaban J connectivity index is 2.25. The first kappa shape index (κ1) is 14.5. The van der Waals surface area contributed by atoms with Gasteiger partial charge in [-0.1, -0.05) is 30.3 Å². The molecule has 1 fully saturated rings. The molecular formula is C13H12F3NO3. The van der Waals surface area contributed by atoms with Crippen LogP contribution in [-0.4, -0.2) is 46.6 Å². The number of aliphatic hydroxyl groups excluding tert-OH is 1. The number of benzene rings is 1. The predicted molar refractivity (Wildman–Crippen MR) is 63.0 cm³/mol. The molecule has 0 bridgehead atoms. The molecule has 0 aromatic heterocycles. The summed E-state index contributed by atoms with van der Waals surface area (Å²) in [7, 11) is 0. The summed E-state index contributed by atoms with van der Waals surface area (Å²) < 4.78 is 37.4. The molecule has 1 heterocycles. The van der Waals surface area contributed by atoms with Gasteiger partial charge in [-0.2, -0.15) is 13.2 Å². The minimum absolute atomic E-state index is 0.185. The molecule has 0 saturated carbocycles. The molecule has 1 aliphatic heterocycles. The Hall–Kier alpha value is -1.89. The van der Waals surface area contributed by atoms with Gasteiger partial charge in [0.15, 0.2) is 5.78 Å². The summed E-state index contributed by atoms with van der Waals surface area (Å²) in [5.41, 5.74) is 0.214. The van der Waals surface area contributed by atoms with Gasteiger partial charge in [-0.3, -0.25) is 9.59 Å². The van der Waals surface area contributed by atoms with Crippen LogP contribution in [0.2, 0.25) is 0 Å². The second-order valence-corrected chi connectivity index (χ2v) is 4.59. The van der Waals surface area contributed by atoms with Crippen LogP contribution in [0.3, 0.4) is 0 Å². The van der Waals surface area contributed by atoms with Gasteiger partial charge in [0.05, 0.1) is 12.1 Å². The lowest BCUT2D eigenvalue weighted by Crippen LogP contribution is -2.47. The van der Waals surface area contributed by atoms with Crippen LogP contribution in [0.1, 0.15) is 16.8 Å². The van der Waals surface area contributed by atoms with Crippen molar-refractivity contribution in [3.8, 4) is 0 Å². The van der Waals surface area contributed by atoms with E-state index in [-0.39, 0.29) is 12.0 Å². The number of amides is 1. The lowest BCUT2D eigenvalue weighted by Gasteiger charge is -2.24. The predicted octanol–water partition coefficient (Wildman–Crippen LogP) is 1.39. The number of alkyl halides is 3. The highest BCUT2D eigenvalue weighted by Gasteiger charge is 2.49. The van der Waals surface area contributed by atoms with Crippen molar-refractivity contribution in [3.05, 3.63) is 35.9 Å². The summed E-state index contributed by atoms with van der Waals surface area (Å²) in [6.45, 7) is -0.485. The van der Waals surface area contributed by atoms with Gasteiger partial charge < -0.3 is 10.0 Å². The van der Waals surface area contributed by atoms with Crippen molar-refractivity contribution < 1.29 is 27.9 Å². The van der Waals surface area contributed by atoms with Crippen LogP contribution in [-0.2, 0) is 4.79 Å². The smallest absolute Gasteiger partial charge is 0.391 e. The van der Waals surface area contributed by atoms with Crippen molar-refractivity contribution in [2.75, 3.05) is 6.54 Å². The van der Waals surface area contributed by atoms with E-state index in [0.717, 1.165) is 0 Å². The van der Waals surface area contributed by atoms with E-state index in [0.29, 0.717) is 4.90 Å². The fourth-order valence-electron chi connectivity index (χ4n) is 2.24. The van der Waals surface area contributed by atoms with Gasteiger partial charge in [0.25, 0.3) is 0 Å². The fraction of sp³-hybridized carbons (Fsp3) is 0.385. The Morgan fingerprint density at radius 2 is 1.80 bits per heavy atom. The summed E-state index contributed by atoms with van der Waals surface area (Å²) in [6, 6.07) is 6.47. The zero-order valence-corrected chi connectivity index (χ0v) is 10.3.